The van der Waals surface area contributed by atoms with E-state index < -0.39 is 10.8 Å². The Balaban J connectivity index is 0.628. The van der Waals surface area contributed by atoms with Crippen molar-refractivity contribution < 1.29 is 0 Å². The van der Waals surface area contributed by atoms with E-state index in [0.717, 1.165) is 90.5 Å². The van der Waals surface area contributed by atoms with Crippen LogP contribution in [0.25, 0.3) is 89.0 Å². The molecule has 120 heavy (non-hydrogen) atoms. The maximum absolute atomic E-state index is 2.52. The molecular weight excluding hydrogens is 1450 g/mol. The summed E-state index contributed by atoms with van der Waals surface area (Å²) in [6.45, 7) is 0. The Labute approximate surface area is 700 Å². The third-order valence-corrected chi connectivity index (χ3v) is 25.4. The highest BCUT2D eigenvalue weighted by molar-refractivity contribution is 6.02. The van der Waals surface area contributed by atoms with E-state index in [0.29, 0.717) is 0 Å². The minimum Gasteiger partial charge on any atom is -0.310 e. The summed E-state index contributed by atoms with van der Waals surface area (Å²) in [5, 5.41) is 0. The normalized spacial score (nSPS) is 14.4. The molecule has 19 aromatic carbocycles. The molecule has 0 heterocycles. The summed E-state index contributed by atoms with van der Waals surface area (Å²) in [6.07, 6.45) is 0. The maximum atomic E-state index is 2.52. The zero-order valence-electron chi connectivity index (χ0n) is 65.8. The lowest BCUT2D eigenvalue weighted by Gasteiger charge is -2.33. The predicted octanol–water partition coefficient (Wildman–Crippen LogP) is 30.9. The maximum Gasteiger partial charge on any atom is 0.0726 e. The Morgan fingerprint density at radius 2 is 0.358 bits per heavy atom. The van der Waals surface area contributed by atoms with Crippen molar-refractivity contribution in [3.05, 3.63) is 518 Å². The molecule has 0 N–H and O–H groups in total. The van der Waals surface area contributed by atoms with Gasteiger partial charge in [0.2, 0.25) is 0 Å². The molecule has 2 spiro atoms. The molecule has 4 aliphatic carbocycles. The van der Waals surface area contributed by atoms with Crippen molar-refractivity contribution in [2.75, 3.05) is 19.6 Å². The number of hydrogen-bond donors (Lipinski definition) is 0. The molecule has 4 nitrogen and oxygen atoms in total. The summed E-state index contributed by atoms with van der Waals surface area (Å²) in [5.41, 5.74) is 41.3. The first-order valence-electron chi connectivity index (χ1n) is 41.5. The number of para-hydroxylation sites is 6. The Morgan fingerprint density at radius 3 is 0.767 bits per heavy atom. The smallest absolute Gasteiger partial charge is 0.0726 e. The van der Waals surface area contributed by atoms with Crippen LogP contribution < -0.4 is 19.6 Å². The summed E-state index contributed by atoms with van der Waals surface area (Å²) >= 11 is 0. The standard InChI is InChI=1S/C116H78N4/c1-8-32-80(33-9-1)95-46-22-23-47-96(95)82-58-63-90(64-59-82)119(87-42-18-6-19-43-87)93-67-72-111-104(76-93)100-51-26-29-53-107(100)115(111)106-52-28-25-50-99(106)103-75-92(66-71-110(103)115)118(86-40-16-5-17-41-86)89-61-56-79(57-62-89)83-60-70-109-102(74-83)98-49-24-30-54-108(98)116(109)112-73-68-91(117(84-36-12-3-13-37-84)85-38-14-4-15-39-85)77-105(112)101-69-65-94(78-113(101)116)120(88-44-20-7-21-45-88)114-55-31-27-48-97(114)81-34-10-2-11-35-81/h1-78H. The van der Waals surface area contributed by atoms with Crippen LogP contribution >= 0.6 is 0 Å². The average molecular weight is 1530 g/mol. The van der Waals surface area contributed by atoms with Crippen molar-refractivity contribution in [1.82, 2.24) is 0 Å². The Bertz CT molecular complexity index is 7100. The lowest BCUT2D eigenvalue weighted by molar-refractivity contribution is 0.793. The van der Waals surface area contributed by atoms with Crippen LogP contribution in [0.4, 0.5) is 68.2 Å². The van der Waals surface area contributed by atoms with Gasteiger partial charge in [0.25, 0.3) is 0 Å². The number of benzene rings is 19. The molecule has 0 amide bonds. The number of anilines is 12. The molecule has 0 aromatic heterocycles. The van der Waals surface area contributed by atoms with Crippen LogP contribution in [0.1, 0.15) is 44.5 Å². The first-order valence-corrected chi connectivity index (χ1v) is 41.5. The molecule has 0 radical (unpaired) electrons. The van der Waals surface area contributed by atoms with E-state index in [-0.39, 0.29) is 0 Å². The summed E-state index contributed by atoms with van der Waals surface area (Å²) in [7, 11) is 0. The Morgan fingerprint density at radius 1 is 0.117 bits per heavy atom. The highest BCUT2D eigenvalue weighted by Gasteiger charge is 2.54. The molecule has 19 aromatic rings. The van der Waals surface area contributed by atoms with E-state index in [2.05, 4.69) is 493 Å². The Hall–Kier alpha value is -15.6. The van der Waals surface area contributed by atoms with Gasteiger partial charge >= 0.3 is 0 Å². The summed E-state index contributed by atoms with van der Waals surface area (Å²) < 4.78 is 0. The molecule has 0 aliphatic heterocycles. The average Bonchev–Trinajstić information content (AvgIpc) is 1.51. The molecule has 4 heteroatoms. The van der Waals surface area contributed by atoms with Gasteiger partial charge < -0.3 is 19.6 Å². The van der Waals surface area contributed by atoms with Crippen LogP contribution in [-0.2, 0) is 10.8 Å². The molecule has 2 unspecified atom stereocenters. The van der Waals surface area contributed by atoms with E-state index in [4.69, 9.17) is 0 Å². The lowest BCUT2D eigenvalue weighted by atomic mass is 9.70. The van der Waals surface area contributed by atoms with Crippen molar-refractivity contribution in [3.63, 3.8) is 0 Å². The van der Waals surface area contributed by atoms with Crippen molar-refractivity contribution in [1.29, 1.82) is 0 Å². The quantitative estimate of drug-likeness (QED) is 0.0956. The fraction of sp³-hybridized carbons (Fsp3) is 0.0172. The van der Waals surface area contributed by atoms with E-state index in [1.165, 1.54) is 111 Å². The highest BCUT2D eigenvalue weighted by atomic mass is 15.2. The van der Waals surface area contributed by atoms with Gasteiger partial charge in [-0.05, 0) is 274 Å². The fourth-order valence-electron chi connectivity index (χ4n) is 20.4. The number of rotatable bonds is 16. The van der Waals surface area contributed by atoms with Gasteiger partial charge in [-0.15, -0.1) is 0 Å². The first kappa shape index (κ1) is 69.8. The van der Waals surface area contributed by atoms with Gasteiger partial charge in [-0.25, -0.2) is 0 Å². The van der Waals surface area contributed by atoms with Gasteiger partial charge in [-0.1, -0.05) is 328 Å². The predicted molar refractivity (Wildman–Crippen MR) is 500 cm³/mol. The van der Waals surface area contributed by atoms with Gasteiger partial charge in [0.15, 0.2) is 0 Å². The second-order valence-corrected chi connectivity index (χ2v) is 31.7. The van der Waals surface area contributed by atoms with Crippen LogP contribution in [-0.4, -0.2) is 0 Å². The molecule has 562 valence electrons. The van der Waals surface area contributed by atoms with Crippen LogP contribution in [0.5, 0.6) is 0 Å². The molecule has 0 saturated carbocycles. The van der Waals surface area contributed by atoms with Crippen molar-refractivity contribution >= 4 is 68.2 Å². The van der Waals surface area contributed by atoms with Crippen LogP contribution in [0.3, 0.4) is 0 Å². The first-order chi connectivity index (χ1) is 59.5. The SMILES string of the molecule is c1ccc(-c2ccccc2-c2ccc(N(c3ccccc3)c3ccc4c(c3)-c3ccccc3C43c4ccccc4-c4cc(N(c5ccccc5)c5ccc(-c6ccc7c(c6)-c6ccccc6C76c7ccc(N(c8ccccc8)c8ccccc8)cc7-c7ccc(N(c8ccccc8)c8ccccc8-c8ccccc8)cc76)cc5)ccc43)cc2)cc1. The number of hydrogen-bond acceptors (Lipinski definition) is 4. The molecular formula is C116H78N4. The monoisotopic (exact) mass is 1530 g/mol. The van der Waals surface area contributed by atoms with Crippen molar-refractivity contribution in [2.24, 2.45) is 0 Å². The second-order valence-electron chi connectivity index (χ2n) is 31.7. The number of fused-ring (bicyclic) bond motifs is 20. The molecule has 0 bridgehead atoms. The minimum absolute atomic E-state index is 0.571. The fourth-order valence-corrected chi connectivity index (χ4v) is 20.4. The molecule has 4 aliphatic rings. The third kappa shape index (κ3) is 11.1. The van der Waals surface area contributed by atoms with Crippen LogP contribution in [0, 0.1) is 0 Å². The summed E-state index contributed by atoms with van der Waals surface area (Å²) in [5.74, 6) is 0. The van der Waals surface area contributed by atoms with Crippen LogP contribution in [0.2, 0.25) is 0 Å². The summed E-state index contributed by atoms with van der Waals surface area (Å²) in [6, 6.07) is 175. The van der Waals surface area contributed by atoms with Crippen molar-refractivity contribution in [2.45, 2.75) is 10.8 Å². The molecule has 23 rings (SSSR count). The van der Waals surface area contributed by atoms with Crippen LogP contribution in [0.15, 0.2) is 473 Å². The van der Waals surface area contributed by atoms with Gasteiger partial charge in [0.05, 0.1) is 16.5 Å². The Kier molecular flexibility index (Phi) is 16.7. The lowest BCUT2D eigenvalue weighted by Crippen LogP contribution is -2.26. The van der Waals surface area contributed by atoms with E-state index in [1.54, 1.807) is 0 Å². The van der Waals surface area contributed by atoms with Gasteiger partial charge in [-0.2, -0.15) is 0 Å². The van der Waals surface area contributed by atoms with E-state index >= 15 is 0 Å². The zero-order chi connectivity index (χ0) is 79.2. The number of nitrogens with zero attached hydrogens (tertiary/aromatic N) is 4. The van der Waals surface area contributed by atoms with E-state index in [1.807, 2.05) is 0 Å². The highest BCUT2D eigenvalue weighted by Crippen LogP contribution is 2.67. The minimum atomic E-state index is -0.684. The van der Waals surface area contributed by atoms with Crippen molar-refractivity contribution in [3.8, 4) is 89.0 Å². The molecule has 0 saturated heterocycles. The molecule has 0 fully saturated rings. The van der Waals surface area contributed by atoms with Gasteiger partial charge in [-0.3, -0.25) is 0 Å². The molecule has 2 atom stereocenters. The van der Waals surface area contributed by atoms with Gasteiger partial charge in [0.1, 0.15) is 0 Å². The van der Waals surface area contributed by atoms with E-state index in [9.17, 15) is 0 Å². The zero-order valence-corrected chi connectivity index (χ0v) is 65.8. The largest absolute Gasteiger partial charge is 0.310 e. The second kappa shape index (κ2) is 28.7. The summed E-state index contributed by atoms with van der Waals surface area (Å²) in [4.78, 5) is 9.69. The van der Waals surface area contributed by atoms with Gasteiger partial charge in [0, 0.05) is 68.1 Å². The topological polar surface area (TPSA) is 13.0 Å². The third-order valence-electron chi connectivity index (χ3n) is 25.4.